The molecule has 4 aliphatic rings. The van der Waals surface area contributed by atoms with E-state index in [0.717, 1.165) is 37.9 Å². The Bertz CT molecular complexity index is 2340. The van der Waals surface area contributed by atoms with Crippen molar-refractivity contribution in [3.05, 3.63) is 266 Å². The Morgan fingerprint density at radius 2 is 0.617 bits per heavy atom. The minimum atomic E-state index is 0.688. The van der Waals surface area contributed by atoms with Crippen LogP contribution in [0.15, 0.2) is 194 Å². The van der Waals surface area contributed by atoms with Crippen LogP contribution in [0.3, 0.4) is 0 Å². The first kappa shape index (κ1) is 38.6. The lowest BCUT2D eigenvalue weighted by Crippen LogP contribution is -1.94. The normalized spacial score (nSPS) is 13.3. The summed E-state index contributed by atoms with van der Waals surface area (Å²) in [5, 5.41) is 3.50. The SMILES string of the molecule is C1=Cc2ccccc2Cc2ccccc21.c1ccc2c(c1)CCc1ccccc1C2.c1ccc2c(c1)CCc1ccccc1N2.c1ccc2c(c1)COc1ccccc1C2. The van der Waals surface area contributed by atoms with Crippen molar-refractivity contribution in [3.8, 4) is 5.75 Å². The molecule has 12 rings (SSSR count). The van der Waals surface area contributed by atoms with Crippen molar-refractivity contribution in [1.29, 1.82) is 0 Å². The Balaban J connectivity index is 0.000000103. The van der Waals surface area contributed by atoms with E-state index in [9.17, 15) is 0 Å². The van der Waals surface area contributed by atoms with Gasteiger partial charge in [0.15, 0.2) is 0 Å². The average Bonchev–Trinajstić information content (AvgIpc) is 3.79. The van der Waals surface area contributed by atoms with Gasteiger partial charge in [-0.2, -0.15) is 0 Å². The molecule has 0 amide bonds. The van der Waals surface area contributed by atoms with Crippen LogP contribution < -0.4 is 10.1 Å². The van der Waals surface area contributed by atoms with Crippen LogP contribution in [-0.2, 0) is 51.6 Å². The van der Waals surface area contributed by atoms with E-state index in [1.54, 1.807) is 0 Å². The fourth-order valence-corrected chi connectivity index (χ4v) is 8.68. The Labute approximate surface area is 355 Å². The molecule has 2 aliphatic carbocycles. The van der Waals surface area contributed by atoms with Crippen molar-refractivity contribution in [2.24, 2.45) is 0 Å². The number of nitrogens with one attached hydrogen (secondary N) is 1. The third-order valence-electron chi connectivity index (χ3n) is 12.0. The van der Waals surface area contributed by atoms with Gasteiger partial charge in [0.2, 0.25) is 0 Å². The average molecular weight is 778 g/mol. The number of aryl methyl sites for hydroxylation is 4. The summed E-state index contributed by atoms with van der Waals surface area (Å²) in [4.78, 5) is 0. The van der Waals surface area contributed by atoms with Gasteiger partial charge in [-0.15, -0.1) is 0 Å². The number of hydrogen-bond acceptors (Lipinski definition) is 2. The van der Waals surface area contributed by atoms with Crippen molar-refractivity contribution in [3.63, 3.8) is 0 Å². The molecule has 0 unspecified atom stereocenters. The molecule has 2 heteroatoms. The summed E-state index contributed by atoms with van der Waals surface area (Å²) in [6, 6.07) is 68.7. The monoisotopic (exact) mass is 777 g/mol. The second-order valence-corrected chi connectivity index (χ2v) is 15.9. The third kappa shape index (κ3) is 9.35. The summed E-state index contributed by atoms with van der Waals surface area (Å²) >= 11 is 0. The molecule has 8 aromatic carbocycles. The smallest absolute Gasteiger partial charge is 0.123 e. The maximum atomic E-state index is 5.77. The van der Waals surface area contributed by atoms with Gasteiger partial charge in [-0.3, -0.25) is 0 Å². The molecule has 0 radical (unpaired) electrons. The Morgan fingerprint density at radius 1 is 0.283 bits per heavy atom. The minimum Gasteiger partial charge on any atom is -0.489 e. The van der Waals surface area contributed by atoms with Gasteiger partial charge in [0.25, 0.3) is 0 Å². The maximum absolute atomic E-state index is 5.77. The molecular weight excluding hydrogens is 727 g/mol. The lowest BCUT2D eigenvalue weighted by molar-refractivity contribution is 0.307. The van der Waals surface area contributed by atoms with Crippen LogP contribution in [0.1, 0.15) is 72.3 Å². The summed E-state index contributed by atoms with van der Waals surface area (Å²) in [5.74, 6) is 1.02. The quantitative estimate of drug-likeness (QED) is 0.166. The van der Waals surface area contributed by atoms with Crippen LogP contribution in [0.2, 0.25) is 0 Å². The van der Waals surface area contributed by atoms with Gasteiger partial charge in [0, 0.05) is 17.8 Å². The number of benzene rings is 8. The number of rotatable bonds is 0. The predicted molar refractivity (Wildman–Crippen MR) is 251 cm³/mol. The van der Waals surface area contributed by atoms with Gasteiger partial charge < -0.3 is 10.1 Å². The van der Waals surface area contributed by atoms with Gasteiger partial charge in [0.05, 0.1) is 0 Å². The standard InChI is InChI=1S/C15H14.C15H12.C14H13N.C14H12O/c2*1-3-7-14-11-15-8-4-2-6-13(15)10-9-12(14)5-1;1-3-7-13-11(5-1)9-10-12-6-2-4-8-14(12)15-13;1-2-7-13-10-15-14-8-4-3-6-12(14)9-11(13)5-1/h1-8H,9-11H2;1-10H,11H2;1-8,15H,9-10H2;1-8H,9-10H2. The molecule has 0 bridgehead atoms. The van der Waals surface area contributed by atoms with E-state index in [1.807, 2.05) is 12.1 Å². The third-order valence-corrected chi connectivity index (χ3v) is 12.0. The zero-order chi connectivity index (χ0) is 40.4. The van der Waals surface area contributed by atoms with Gasteiger partial charge >= 0.3 is 0 Å². The van der Waals surface area contributed by atoms with Gasteiger partial charge in [-0.25, -0.2) is 0 Å². The molecule has 0 spiro atoms. The van der Waals surface area contributed by atoms with Crippen LogP contribution in [0.5, 0.6) is 5.75 Å². The molecule has 60 heavy (non-hydrogen) atoms. The summed E-state index contributed by atoms with van der Waals surface area (Å²) in [5.41, 5.74) is 20.8. The number of anilines is 2. The first-order valence-electron chi connectivity index (χ1n) is 21.4. The van der Waals surface area contributed by atoms with Crippen molar-refractivity contribution in [1.82, 2.24) is 0 Å². The highest BCUT2D eigenvalue weighted by Gasteiger charge is 2.14. The summed E-state index contributed by atoms with van der Waals surface area (Å²) in [7, 11) is 0. The highest BCUT2D eigenvalue weighted by Crippen LogP contribution is 2.30. The first-order valence-corrected chi connectivity index (χ1v) is 21.4. The van der Waals surface area contributed by atoms with Crippen LogP contribution in [0.4, 0.5) is 11.4 Å². The molecule has 0 aromatic heterocycles. The summed E-state index contributed by atoms with van der Waals surface area (Å²) in [6.45, 7) is 0.688. The Morgan fingerprint density at radius 3 is 1.15 bits per heavy atom. The first-order chi connectivity index (χ1) is 29.7. The van der Waals surface area contributed by atoms with Crippen LogP contribution in [0, 0.1) is 0 Å². The number of fused-ring (bicyclic) bond motifs is 8. The molecule has 1 N–H and O–H groups in total. The molecule has 0 fully saturated rings. The molecule has 2 nitrogen and oxygen atoms in total. The van der Waals surface area contributed by atoms with E-state index in [-0.39, 0.29) is 0 Å². The molecule has 2 aliphatic heterocycles. The van der Waals surface area contributed by atoms with E-state index in [0.29, 0.717) is 6.61 Å². The number of ether oxygens (including phenoxy) is 1. The van der Waals surface area contributed by atoms with Crippen LogP contribution >= 0.6 is 0 Å². The highest BCUT2D eigenvalue weighted by molar-refractivity contribution is 5.75. The molecule has 0 saturated heterocycles. The van der Waals surface area contributed by atoms with E-state index in [1.165, 1.54) is 96.5 Å². The van der Waals surface area contributed by atoms with Crippen molar-refractivity contribution < 1.29 is 4.74 Å². The van der Waals surface area contributed by atoms with Crippen molar-refractivity contribution >= 4 is 23.5 Å². The van der Waals surface area contributed by atoms with Crippen LogP contribution in [0.25, 0.3) is 12.2 Å². The highest BCUT2D eigenvalue weighted by atomic mass is 16.5. The zero-order valence-corrected chi connectivity index (χ0v) is 34.2. The number of para-hydroxylation sites is 3. The lowest BCUT2D eigenvalue weighted by Gasteiger charge is -2.08. The summed E-state index contributed by atoms with van der Waals surface area (Å²) < 4.78 is 5.77. The van der Waals surface area contributed by atoms with Gasteiger partial charge in [-0.05, 0) is 129 Å². The second-order valence-electron chi connectivity index (χ2n) is 15.9. The Kier molecular flexibility index (Phi) is 12.1. The molecule has 8 aromatic rings. The minimum absolute atomic E-state index is 0.688. The molecular formula is C58H51NO. The maximum Gasteiger partial charge on any atom is 0.123 e. The van der Waals surface area contributed by atoms with E-state index >= 15 is 0 Å². The molecule has 294 valence electrons. The lowest BCUT2D eigenvalue weighted by atomic mass is 10.0. The largest absolute Gasteiger partial charge is 0.489 e. The van der Waals surface area contributed by atoms with Gasteiger partial charge in [0.1, 0.15) is 12.4 Å². The van der Waals surface area contributed by atoms with Gasteiger partial charge in [-0.1, -0.05) is 188 Å². The summed E-state index contributed by atoms with van der Waals surface area (Å²) in [6.07, 6.45) is 12.2. The fraction of sp³-hybridized carbons (Fsp3) is 0.138. The molecule has 2 heterocycles. The van der Waals surface area contributed by atoms with Crippen LogP contribution in [-0.4, -0.2) is 0 Å². The number of hydrogen-bond donors (Lipinski definition) is 1. The second kappa shape index (κ2) is 18.8. The predicted octanol–water partition coefficient (Wildman–Crippen LogP) is 13.8. The van der Waals surface area contributed by atoms with Crippen molar-refractivity contribution in [2.75, 3.05) is 5.32 Å². The van der Waals surface area contributed by atoms with E-state index < -0.39 is 0 Å². The molecule has 0 saturated carbocycles. The topological polar surface area (TPSA) is 21.3 Å². The van der Waals surface area contributed by atoms with Crippen molar-refractivity contribution in [2.45, 2.75) is 51.6 Å². The Hall–Kier alpha value is -6.90. The molecule has 0 atom stereocenters. The van der Waals surface area contributed by atoms with E-state index in [4.69, 9.17) is 4.74 Å². The fourth-order valence-electron chi connectivity index (χ4n) is 8.68. The zero-order valence-electron chi connectivity index (χ0n) is 34.2. The van der Waals surface area contributed by atoms with E-state index in [2.05, 4.69) is 199 Å².